The largest absolute Gasteiger partial charge is 0.368 e. The SMILES string of the molecule is CC(C)(C)c1ccc(CN(CCSSCCN(Cc2ccc(C(C)(C)C)cc2)c2n[nH]c(N)n2)c2n[nH]c(N)n2)cc1. The van der Waals surface area contributed by atoms with E-state index in [0.717, 1.165) is 24.6 Å². The number of nitrogens with zero attached hydrogens (tertiary/aromatic N) is 6. The van der Waals surface area contributed by atoms with Gasteiger partial charge in [-0.25, -0.2) is 10.2 Å². The van der Waals surface area contributed by atoms with Gasteiger partial charge in [-0.15, -0.1) is 10.2 Å². The molecule has 0 spiro atoms. The molecule has 2 aromatic heterocycles. The van der Waals surface area contributed by atoms with Gasteiger partial charge in [0, 0.05) is 37.7 Å². The molecule has 0 atom stereocenters. The quantitative estimate of drug-likeness (QED) is 0.109. The summed E-state index contributed by atoms with van der Waals surface area (Å²) in [5.74, 6) is 3.68. The van der Waals surface area contributed by atoms with Crippen LogP contribution in [0.4, 0.5) is 23.8 Å². The van der Waals surface area contributed by atoms with Crippen molar-refractivity contribution in [1.82, 2.24) is 30.4 Å². The predicted octanol–water partition coefficient (Wildman–Crippen LogP) is 5.78. The fraction of sp³-hybridized carbons (Fsp3) is 0.467. The van der Waals surface area contributed by atoms with E-state index in [0.29, 0.717) is 36.9 Å². The Bertz CT molecular complexity index is 1280. The molecule has 226 valence electrons. The van der Waals surface area contributed by atoms with Gasteiger partial charge in [0.25, 0.3) is 0 Å². The standard InChI is InChI=1S/C30H44N10S2/c1-29(2,3)23-11-7-21(8-12-23)19-39(27-33-25(31)35-37-27)15-17-41-42-18-16-40(28-34-26(32)36-38-28)20-22-9-13-24(14-10-22)30(4,5)6/h7-14H,15-20H2,1-6H3,(H3,31,33,35,37)(H3,32,34,36,38). The molecule has 0 aliphatic rings. The van der Waals surface area contributed by atoms with Crippen molar-refractivity contribution in [3.8, 4) is 0 Å². The first-order valence-electron chi connectivity index (χ1n) is 14.2. The van der Waals surface area contributed by atoms with Crippen LogP contribution in [0.15, 0.2) is 48.5 Å². The van der Waals surface area contributed by atoms with E-state index in [1.165, 1.54) is 22.3 Å². The smallest absolute Gasteiger partial charge is 0.246 e. The van der Waals surface area contributed by atoms with Crippen LogP contribution in [0, 0.1) is 0 Å². The molecule has 10 nitrogen and oxygen atoms in total. The Morgan fingerprint density at radius 3 is 1.26 bits per heavy atom. The van der Waals surface area contributed by atoms with Crippen LogP contribution in [0.3, 0.4) is 0 Å². The van der Waals surface area contributed by atoms with Gasteiger partial charge in [0.05, 0.1) is 0 Å². The molecule has 0 aliphatic carbocycles. The van der Waals surface area contributed by atoms with E-state index in [4.69, 9.17) is 11.5 Å². The monoisotopic (exact) mass is 608 g/mol. The summed E-state index contributed by atoms with van der Waals surface area (Å²) in [4.78, 5) is 13.1. The molecule has 0 unspecified atom stereocenters. The molecule has 2 aromatic carbocycles. The number of hydrogen-bond donors (Lipinski definition) is 4. The van der Waals surface area contributed by atoms with Crippen molar-refractivity contribution >= 4 is 45.4 Å². The second kappa shape index (κ2) is 13.7. The lowest BCUT2D eigenvalue weighted by molar-refractivity contribution is 0.589. The van der Waals surface area contributed by atoms with Crippen LogP contribution in [-0.2, 0) is 23.9 Å². The molecule has 42 heavy (non-hydrogen) atoms. The van der Waals surface area contributed by atoms with Crippen molar-refractivity contribution in [1.29, 1.82) is 0 Å². The fourth-order valence-electron chi connectivity index (χ4n) is 4.39. The first-order valence-corrected chi connectivity index (χ1v) is 16.7. The number of nitrogen functional groups attached to an aromatic ring is 2. The number of aromatic amines is 2. The van der Waals surface area contributed by atoms with E-state index in [1.54, 1.807) is 0 Å². The Balaban J connectivity index is 1.30. The van der Waals surface area contributed by atoms with E-state index in [2.05, 4.69) is 130 Å². The maximum Gasteiger partial charge on any atom is 0.246 e. The summed E-state index contributed by atoms with van der Waals surface area (Å²) in [5, 5.41) is 14.2. The maximum absolute atomic E-state index is 5.84. The van der Waals surface area contributed by atoms with Gasteiger partial charge < -0.3 is 21.3 Å². The van der Waals surface area contributed by atoms with Crippen LogP contribution in [0.1, 0.15) is 63.8 Å². The van der Waals surface area contributed by atoms with Gasteiger partial charge in [-0.3, -0.25) is 0 Å². The van der Waals surface area contributed by atoms with Gasteiger partial charge in [-0.05, 0) is 33.1 Å². The average molecular weight is 609 g/mol. The van der Waals surface area contributed by atoms with Crippen molar-refractivity contribution < 1.29 is 0 Å². The highest BCUT2D eigenvalue weighted by Gasteiger charge is 2.17. The molecule has 0 radical (unpaired) electrons. The van der Waals surface area contributed by atoms with Gasteiger partial charge in [-0.2, -0.15) is 9.97 Å². The Kier molecular flexibility index (Phi) is 10.3. The summed E-state index contributed by atoms with van der Waals surface area (Å²) in [5.41, 5.74) is 17.0. The molecular formula is C30H44N10S2. The van der Waals surface area contributed by atoms with Crippen LogP contribution in [0.2, 0.25) is 0 Å². The zero-order chi connectivity index (χ0) is 30.3. The Morgan fingerprint density at radius 1 is 0.619 bits per heavy atom. The molecule has 0 aliphatic heterocycles. The average Bonchev–Trinajstić information content (AvgIpc) is 3.57. The van der Waals surface area contributed by atoms with Crippen molar-refractivity contribution in [3.63, 3.8) is 0 Å². The van der Waals surface area contributed by atoms with E-state index < -0.39 is 0 Å². The first kappa shape index (κ1) is 31.6. The van der Waals surface area contributed by atoms with Gasteiger partial charge in [0.2, 0.25) is 23.8 Å². The van der Waals surface area contributed by atoms with E-state index >= 15 is 0 Å². The normalized spacial score (nSPS) is 12.0. The number of rotatable bonds is 13. The lowest BCUT2D eigenvalue weighted by atomic mass is 9.87. The van der Waals surface area contributed by atoms with E-state index in [-0.39, 0.29) is 10.8 Å². The van der Waals surface area contributed by atoms with Crippen LogP contribution in [0.25, 0.3) is 0 Å². The lowest BCUT2D eigenvalue weighted by Gasteiger charge is -2.23. The number of nitrogens with two attached hydrogens (primary N) is 2. The van der Waals surface area contributed by atoms with Crippen LogP contribution < -0.4 is 21.3 Å². The Labute approximate surface area is 257 Å². The molecule has 2 heterocycles. The summed E-state index contributed by atoms with van der Waals surface area (Å²) in [6.45, 7) is 16.4. The minimum absolute atomic E-state index is 0.122. The minimum atomic E-state index is 0.122. The zero-order valence-electron chi connectivity index (χ0n) is 25.5. The third kappa shape index (κ3) is 9.06. The number of H-pyrrole nitrogens is 2. The molecule has 0 amide bonds. The summed E-state index contributed by atoms with van der Waals surface area (Å²) in [6, 6.07) is 17.6. The third-order valence-corrected chi connectivity index (χ3v) is 9.27. The summed E-state index contributed by atoms with van der Waals surface area (Å²) >= 11 is 0. The first-order chi connectivity index (χ1) is 19.9. The number of aromatic nitrogens is 6. The maximum atomic E-state index is 5.84. The van der Waals surface area contributed by atoms with Gasteiger partial charge in [0.15, 0.2) is 0 Å². The van der Waals surface area contributed by atoms with Crippen LogP contribution in [-0.4, -0.2) is 55.0 Å². The molecule has 0 bridgehead atoms. The molecule has 0 saturated carbocycles. The lowest BCUT2D eigenvalue weighted by Crippen LogP contribution is -2.27. The molecule has 12 heteroatoms. The van der Waals surface area contributed by atoms with Crippen LogP contribution in [0.5, 0.6) is 0 Å². The van der Waals surface area contributed by atoms with Crippen molar-refractivity contribution in [2.75, 3.05) is 45.9 Å². The predicted molar refractivity (Wildman–Crippen MR) is 179 cm³/mol. The molecule has 0 saturated heterocycles. The van der Waals surface area contributed by atoms with Gasteiger partial charge in [0.1, 0.15) is 0 Å². The second-order valence-corrected chi connectivity index (χ2v) is 15.1. The summed E-state index contributed by atoms with van der Waals surface area (Å²) in [6.07, 6.45) is 0. The highest BCUT2D eigenvalue weighted by molar-refractivity contribution is 8.76. The topological polar surface area (TPSA) is 142 Å². The minimum Gasteiger partial charge on any atom is -0.368 e. The Morgan fingerprint density at radius 2 is 0.976 bits per heavy atom. The number of hydrogen-bond acceptors (Lipinski definition) is 10. The number of benzene rings is 2. The van der Waals surface area contributed by atoms with Crippen LogP contribution >= 0.6 is 21.6 Å². The molecule has 0 fully saturated rings. The summed E-state index contributed by atoms with van der Waals surface area (Å²) < 4.78 is 0. The Hall–Kier alpha value is -3.38. The van der Waals surface area contributed by atoms with Crippen molar-refractivity contribution in [2.24, 2.45) is 0 Å². The third-order valence-electron chi connectivity index (χ3n) is 6.91. The number of anilines is 4. The molecule has 4 aromatic rings. The van der Waals surface area contributed by atoms with Crippen molar-refractivity contribution in [3.05, 3.63) is 70.8 Å². The van der Waals surface area contributed by atoms with Gasteiger partial charge >= 0.3 is 0 Å². The van der Waals surface area contributed by atoms with Crippen molar-refractivity contribution in [2.45, 2.75) is 65.5 Å². The molecule has 4 rings (SSSR count). The zero-order valence-corrected chi connectivity index (χ0v) is 27.1. The molecule has 6 N–H and O–H groups in total. The second-order valence-electron chi connectivity index (χ2n) is 12.4. The van der Waals surface area contributed by atoms with E-state index in [9.17, 15) is 0 Å². The summed E-state index contributed by atoms with van der Waals surface area (Å²) in [7, 11) is 3.66. The molecular weight excluding hydrogens is 565 g/mol. The van der Waals surface area contributed by atoms with E-state index in [1.807, 2.05) is 21.6 Å². The highest BCUT2D eigenvalue weighted by atomic mass is 33.1. The highest BCUT2D eigenvalue weighted by Crippen LogP contribution is 2.26. The fourth-order valence-corrected chi connectivity index (χ4v) is 6.37. The number of nitrogens with one attached hydrogen (secondary N) is 2. The van der Waals surface area contributed by atoms with Gasteiger partial charge in [-0.1, -0.05) is 112 Å².